The molecule has 6 heteroatoms. The van der Waals surface area contributed by atoms with Gasteiger partial charge in [-0.15, -0.1) is 5.10 Å². The lowest BCUT2D eigenvalue weighted by Gasteiger charge is -1.99. The Balaban J connectivity index is 2.07. The van der Waals surface area contributed by atoms with Gasteiger partial charge in [-0.3, -0.25) is 0 Å². The largest absolute Gasteiger partial charge is 0.381 e. The fraction of sp³-hybridized carbons (Fsp3) is 0.500. The second-order valence-electron chi connectivity index (χ2n) is 3.88. The van der Waals surface area contributed by atoms with Crippen LogP contribution in [-0.4, -0.2) is 32.8 Å². The van der Waals surface area contributed by atoms with Crippen molar-refractivity contribution in [1.82, 2.24) is 19.6 Å². The van der Waals surface area contributed by atoms with E-state index in [0.29, 0.717) is 24.8 Å². The van der Waals surface area contributed by atoms with Gasteiger partial charge in [0.05, 0.1) is 12.3 Å². The van der Waals surface area contributed by atoms with E-state index in [0.717, 1.165) is 24.5 Å². The van der Waals surface area contributed by atoms with Crippen LogP contribution in [0.3, 0.4) is 0 Å². The highest BCUT2D eigenvalue weighted by Crippen LogP contribution is 2.22. The van der Waals surface area contributed by atoms with Crippen molar-refractivity contribution in [3.05, 3.63) is 23.8 Å². The summed E-state index contributed by atoms with van der Waals surface area (Å²) < 4.78 is 7.05. The average Bonchev–Trinajstić information content (AvgIpc) is 2.96. The number of fused-ring (bicyclic) bond motifs is 1. The molecular formula is C10H13N5O. The Kier molecular flexibility index (Phi) is 2.30. The number of hydrogen-bond acceptors (Lipinski definition) is 5. The van der Waals surface area contributed by atoms with Gasteiger partial charge in [-0.2, -0.15) is 9.50 Å². The first-order chi connectivity index (χ1) is 7.88. The lowest BCUT2D eigenvalue weighted by molar-refractivity contribution is 0.193. The van der Waals surface area contributed by atoms with Crippen LogP contribution in [-0.2, 0) is 11.3 Å². The molecule has 0 aromatic carbocycles. The quantitative estimate of drug-likeness (QED) is 0.774. The predicted octanol–water partition coefficient (Wildman–Crippen LogP) is 0.0869. The molecule has 0 saturated carbocycles. The molecule has 3 heterocycles. The van der Waals surface area contributed by atoms with Gasteiger partial charge in [-0.25, -0.2) is 4.98 Å². The van der Waals surface area contributed by atoms with Crippen molar-refractivity contribution in [3.8, 4) is 0 Å². The highest BCUT2D eigenvalue weighted by atomic mass is 16.5. The molecule has 0 radical (unpaired) electrons. The van der Waals surface area contributed by atoms with Gasteiger partial charge in [0.1, 0.15) is 0 Å². The molecule has 2 aromatic rings. The molecule has 1 fully saturated rings. The highest BCUT2D eigenvalue weighted by molar-refractivity contribution is 5.29. The van der Waals surface area contributed by atoms with Crippen molar-refractivity contribution in [2.24, 2.45) is 5.73 Å². The van der Waals surface area contributed by atoms with E-state index in [-0.39, 0.29) is 0 Å². The molecule has 0 amide bonds. The van der Waals surface area contributed by atoms with Crippen LogP contribution in [0.15, 0.2) is 12.3 Å². The van der Waals surface area contributed by atoms with E-state index in [1.165, 1.54) is 0 Å². The van der Waals surface area contributed by atoms with Gasteiger partial charge in [0.2, 0.25) is 0 Å². The van der Waals surface area contributed by atoms with Gasteiger partial charge in [0.15, 0.2) is 5.82 Å². The van der Waals surface area contributed by atoms with Crippen LogP contribution >= 0.6 is 0 Å². The lowest BCUT2D eigenvalue weighted by Crippen LogP contribution is -2.06. The van der Waals surface area contributed by atoms with Crippen LogP contribution in [0.5, 0.6) is 0 Å². The standard InChI is InChI=1S/C10H13N5O/c11-5-8-1-3-12-10-13-9(14-15(8)10)7-2-4-16-6-7/h1,3,7H,2,4-6,11H2. The van der Waals surface area contributed by atoms with Gasteiger partial charge in [-0.1, -0.05) is 0 Å². The van der Waals surface area contributed by atoms with Crippen LogP contribution in [0.2, 0.25) is 0 Å². The zero-order valence-corrected chi connectivity index (χ0v) is 8.83. The Bertz CT molecular complexity index is 503. The summed E-state index contributed by atoms with van der Waals surface area (Å²) in [7, 11) is 0. The zero-order chi connectivity index (χ0) is 11.0. The monoisotopic (exact) mass is 219 g/mol. The Morgan fingerprint density at radius 3 is 3.25 bits per heavy atom. The van der Waals surface area contributed by atoms with E-state index in [1.54, 1.807) is 10.7 Å². The molecule has 2 aromatic heterocycles. The maximum absolute atomic E-state index is 5.64. The Hall–Kier alpha value is -1.53. The molecule has 0 spiro atoms. The summed E-state index contributed by atoms with van der Waals surface area (Å²) in [6.07, 6.45) is 2.69. The smallest absolute Gasteiger partial charge is 0.252 e. The van der Waals surface area contributed by atoms with E-state index in [9.17, 15) is 0 Å². The molecule has 2 N–H and O–H groups in total. The highest BCUT2D eigenvalue weighted by Gasteiger charge is 2.22. The average molecular weight is 219 g/mol. The molecule has 3 rings (SSSR count). The van der Waals surface area contributed by atoms with Gasteiger partial charge < -0.3 is 10.5 Å². The van der Waals surface area contributed by atoms with Gasteiger partial charge in [0, 0.05) is 25.3 Å². The maximum Gasteiger partial charge on any atom is 0.252 e. The Morgan fingerprint density at radius 1 is 1.56 bits per heavy atom. The van der Waals surface area contributed by atoms with Crippen molar-refractivity contribution < 1.29 is 4.74 Å². The summed E-state index contributed by atoms with van der Waals surface area (Å²) in [5.74, 6) is 1.73. The van der Waals surface area contributed by atoms with Gasteiger partial charge in [0.25, 0.3) is 5.78 Å². The zero-order valence-electron chi connectivity index (χ0n) is 8.83. The normalized spacial score (nSPS) is 20.7. The van der Waals surface area contributed by atoms with Gasteiger partial charge in [-0.05, 0) is 12.5 Å². The Morgan fingerprint density at radius 2 is 2.50 bits per heavy atom. The first-order valence-corrected chi connectivity index (χ1v) is 5.37. The molecule has 1 saturated heterocycles. The van der Waals surface area contributed by atoms with Crippen molar-refractivity contribution in [2.45, 2.75) is 18.9 Å². The first-order valence-electron chi connectivity index (χ1n) is 5.37. The summed E-state index contributed by atoms with van der Waals surface area (Å²) in [4.78, 5) is 8.58. The van der Waals surface area contributed by atoms with Crippen molar-refractivity contribution >= 4 is 5.78 Å². The molecular weight excluding hydrogens is 206 g/mol. The topological polar surface area (TPSA) is 78.3 Å². The number of hydrogen-bond donors (Lipinski definition) is 1. The number of nitrogens with zero attached hydrogens (tertiary/aromatic N) is 4. The summed E-state index contributed by atoms with van der Waals surface area (Å²) in [5, 5.41) is 4.45. The maximum atomic E-state index is 5.64. The van der Waals surface area contributed by atoms with E-state index < -0.39 is 0 Å². The number of aromatic nitrogens is 4. The fourth-order valence-corrected chi connectivity index (χ4v) is 1.92. The third-order valence-corrected chi connectivity index (χ3v) is 2.84. The SMILES string of the molecule is NCc1ccnc2nc(C3CCOC3)nn12. The lowest BCUT2D eigenvalue weighted by atomic mass is 10.1. The third kappa shape index (κ3) is 1.46. The second kappa shape index (κ2) is 3.80. The van der Waals surface area contributed by atoms with Crippen molar-refractivity contribution in [2.75, 3.05) is 13.2 Å². The van der Waals surface area contributed by atoms with E-state index in [1.807, 2.05) is 6.07 Å². The molecule has 0 bridgehead atoms. The fourth-order valence-electron chi connectivity index (χ4n) is 1.92. The summed E-state index contributed by atoms with van der Waals surface area (Å²) in [5.41, 5.74) is 6.56. The molecule has 0 aliphatic carbocycles. The summed E-state index contributed by atoms with van der Waals surface area (Å²) in [6.45, 7) is 1.93. The minimum atomic E-state index is 0.298. The molecule has 16 heavy (non-hydrogen) atoms. The van der Waals surface area contributed by atoms with Crippen LogP contribution in [0.4, 0.5) is 0 Å². The molecule has 6 nitrogen and oxygen atoms in total. The molecule has 1 atom stereocenters. The third-order valence-electron chi connectivity index (χ3n) is 2.84. The van der Waals surface area contributed by atoms with Crippen molar-refractivity contribution in [1.29, 1.82) is 0 Å². The summed E-state index contributed by atoms with van der Waals surface area (Å²) in [6, 6.07) is 1.86. The predicted molar refractivity (Wildman–Crippen MR) is 56.9 cm³/mol. The van der Waals surface area contributed by atoms with E-state index in [2.05, 4.69) is 15.1 Å². The van der Waals surface area contributed by atoms with Gasteiger partial charge >= 0.3 is 0 Å². The second-order valence-corrected chi connectivity index (χ2v) is 3.88. The first kappa shape index (κ1) is 9.68. The molecule has 1 unspecified atom stereocenters. The minimum absolute atomic E-state index is 0.298. The van der Waals surface area contributed by atoms with Crippen molar-refractivity contribution in [3.63, 3.8) is 0 Å². The van der Waals surface area contributed by atoms with E-state index in [4.69, 9.17) is 10.5 Å². The molecule has 1 aliphatic rings. The number of rotatable bonds is 2. The van der Waals surface area contributed by atoms with Crippen LogP contribution in [0.1, 0.15) is 23.9 Å². The van der Waals surface area contributed by atoms with Crippen LogP contribution in [0, 0.1) is 0 Å². The van der Waals surface area contributed by atoms with Crippen LogP contribution in [0.25, 0.3) is 5.78 Å². The number of ether oxygens (including phenoxy) is 1. The molecule has 1 aliphatic heterocycles. The van der Waals surface area contributed by atoms with Crippen LogP contribution < -0.4 is 5.73 Å². The Labute approximate surface area is 92.4 Å². The minimum Gasteiger partial charge on any atom is -0.381 e. The number of nitrogens with two attached hydrogens (primary N) is 1. The summed E-state index contributed by atoms with van der Waals surface area (Å²) >= 11 is 0. The van der Waals surface area contributed by atoms with E-state index >= 15 is 0 Å². The molecule has 84 valence electrons.